The molecule has 1 atom stereocenters. The van der Waals surface area contributed by atoms with Crippen molar-refractivity contribution < 1.29 is 14.3 Å². The topological polar surface area (TPSA) is 58.6 Å². The second-order valence-electron chi connectivity index (χ2n) is 8.34. The zero-order valence-corrected chi connectivity index (χ0v) is 19.3. The Hall–Kier alpha value is -2.82. The number of amides is 2. The highest BCUT2D eigenvalue weighted by Gasteiger charge is 2.28. The molecule has 0 radical (unpaired) electrons. The quantitative estimate of drug-likeness (QED) is 0.501. The molecule has 5 nitrogen and oxygen atoms in total. The van der Waals surface area contributed by atoms with Crippen LogP contribution in [-0.4, -0.2) is 35.9 Å². The van der Waals surface area contributed by atoms with E-state index in [9.17, 15) is 9.59 Å². The summed E-state index contributed by atoms with van der Waals surface area (Å²) >= 11 is 0. The third kappa shape index (κ3) is 8.44. The molecule has 2 amide bonds. The number of hydrogen-bond acceptors (Lipinski definition) is 3. The van der Waals surface area contributed by atoms with E-state index in [0.29, 0.717) is 44.9 Å². The van der Waals surface area contributed by atoms with Crippen LogP contribution in [0.3, 0.4) is 0 Å². The molecular formula is C26H36N2O3. The van der Waals surface area contributed by atoms with Crippen molar-refractivity contribution in [3.63, 3.8) is 0 Å². The summed E-state index contributed by atoms with van der Waals surface area (Å²) in [5, 5.41) is 3.00. The number of carbonyl (C=O) groups is 2. The lowest BCUT2D eigenvalue weighted by Crippen LogP contribution is -2.49. The monoisotopic (exact) mass is 424 g/mol. The predicted molar refractivity (Wildman–Crippen MR) is 125 cm³/mol. The highest BCUT2D eigenvalue weighted by atomic mass is 16.5. The Morgan fingerprint density at radius 2 is 1.81 bits per heavy atom. The molecule has 0 aromatic heterocycles. The molecule has 2 aromatic carbocycles. The van der Waals surface area contributed by atoms with Gasteiger partial charge < -0.3 is 15.0 Å². The molecule has 0 aliphatic rings. The van der Waals surface area contributed by atoms with Crippen molar-refractivity contribution in [2.24, 2.45) is 5.92 Å². The minimum Gasteiger partial charge on any atom is -0.494 e. The molecule has 2 rings (SSSR count). The first-order chi connectivity index (χ1) is 14.9. The Bertz CT molecular complexity index is 820. The zero-order valence-electron chi connectivity index (χ0n) is 19.3. The number of ether oxygens (including phenoxy) is 1. The van der Waals surface area contributed by atoms with Crippen molar-refractivity contribution in [1.29, 1.82) is 0 Å². The lowest BCUT2D eigenvalue weighted by atomic mass is 10.1. The number of nitrogens with zero attached hydrogens (tertiary/aromatic N) is 1. The number of rotatable bonds is 12. The van der Waals surface area contributed by atoms with Crippen LogP contribution < -0.4 is 10.1 Å². The van der Waals surface area contributed by atoms with Gasteiger partial charge >= 0.3 is 0 Å². The van der Waals surface area contributed by atoms with Gasteiger partial charge in [0.15, 0.2) is 0 Å². The van der Waals surface area contributed by atoms with Crippen LogP contribution in [0.5, 0.6) is 5.75 Å². The third-order valence-electron chi connectivity index (χ3n) is 5.05. The summed E-state index contributed by atoms with van der Waals surface area (Å²) in [5.41, 5.74) is 2.17. The molecule has 2 aromatic rings. The van der Waals surface area contributed by atoms with Crippen LogP contribution in [0.4, 0.5) is 0 Å². The summed E-state index contributed by atoms with van der Waals surface area (Å²) in [7, 11) is 0. The van der Waals surface area contributed by atoms with Crippen molar-refractivity contribution in [2.45, 2.75) is 59.5 Å². The lowest BCUT2D eigenvalue weighted by molar-refractivity contribution is -0.141. The molecule has 168 valence electrons. The Balaban J connectivity index is 2.05. The summed E-state index contributed by atoms with van der Waals surface area (Å²) in [6.07, 6.45) is 1.51. The van der Waals surface area contributed by atoms with E-state index < -0.39 is 6.04 Å². The number of nitrogens with one attached hydrogen (secondary N) is 1. The predicted octanol–water partition coefficient (Wildman–Crippen LogP) is 4.73. The minimum atomic E-state index is -0.484. The van der Waals surface area contributed by atoms with Crippen molar-refractivity contribution in [3.8, 4) is 5.75 Å². The fraction of sp³-hybridized carbons (Fsp3) is 0.462. The highest BCUT2D eigenvalue weighted by molar-refractivity contribution is 5.87. The van der Waals surface area contributed by atoms with Crippen LogP contribution in [0.25, 0.3) is 0 Å². The molecule has 0 saturated carbocycles. The molecular weight excluding hydrogens is 388 g/mol. The first-order valence-electron chi connectivity index (χ1n) is 11.2. The maximum absolute atomic E-state index is 13.2. The average molecular weight is 425 g/mol. The van der Waals surface area contributed by atoms with Crippen LogP contribution in [0.1, 0.15) is 51.2 Å². The van der Waals surface area contributed by atoms with E-state index in [1.165, 1.54) is 0 Å². The summed E-state index contributed by atoms with van der Waals surface area (Å²) in [6.45, 7) is 9.59. The van der Waals surface area contributed by atoms with Gasteiger partial charge in [-0.25, -0.2) is 0 Å². The molecule has 5 heteroatoms. The maximum Gasteiger partial charge on any atom is 0.242 e. The first-order valence-corrected chi connectivity index (χ1v) is 11.2. The average Bonchev–Trinajstić information content (AvgIpc) is 2.75. The van der Waals surface area contributed by atoms with Gasteiger partial charge in [-0.05, 0) is 43.4 Å². The van der Waals surface area contributed by atoms with Gasteiger partial charge in [-0.2, -0.15) is 0 Å². The lowest BCUT2D eigenvalue weighted by Gasteiger charge is -2.31. The largest absolute Gasteiger partial charge is 0.494 e. The van der Waals surface area contributed by atoms with Crippen LogP contribution in [0.15, 0.2) is 54.6 Å². The van der Waals surface area contributed by atoms with Crippen LogP contribution in [0.2, 0.25) is 0 Å². The van der Waals surface area contributed by atoms with Gasteiger partial charge in [0.05, 0.1) is 6.61 Å². The van der Waals surface area contributed by atoms with Crippen molar-refractivity contribution in [1.82, 2.24) is 10.2 Å². The van der Waals surface area contributed by atoms with Gasteiger partial charge in [-0.15, -0.1) is 0 Å². The van der Waals surface area contributed by atoms with Crippen molar-refractivity contribution >= 4 is 11.8 Å². The molecule has 0 spiro atoms. The van der Waals surface area contributed by atoms with Crippen LogP contribution in [0, 0.1) is 12.8 Å². The fourth-order valence-electron chi connectivity index (χ4n) is 3.42. The van der Waals surface area contributed by atoms with Gasteiger partial charge in [-0.3, -0.25) is 9.59 Å². The molecule has 0 aliphatic carbocycles. The minimum absolute atomic E-state index is 0.0234. The second kappa shape index (κ2) is 12.8. The van der Waals surface area contributed by atoms with Gasteiger partial charge in [0, 0.05) is 19.5 Å². The number of benzene rings is 2. The Morgan fingerprint density at radius 3 is 2.45 bits per heavy atom. The van der Waals surface area contributed by atoms with Crippen LogP contribution in [-0.2, 0) is 16.1 Å². The summed E-state index contributed by atoms with van der Waals surface area (Å²) in [4.78, 5) is 27.8. The van der Waals surface area contributed by atoms with Gasteiger partial charge in [-0.1, -0.05) is 68.8 Å². The van der Waals surface area contributed by atoms with Gasteiger partial charge in [0.25, 0.3) is 0 Å². The van der Waals surface area contributed by atoms with Crippen molar-refractivity contribution in [2.75, 3.05) is 13.2 Å². The van der Waals surface area contributed by atoms with E-state index in [-0.39, 0.29) is 11.8 Å². The second-order valence-corrected chi connectivity index (χ2v) is 8.34. The van der Waals surface area contributed by atoms with E-state index >= 15 is 0 Å². The van der Waals surface area contributed by atoms with Gasteiger partial charge in [0.2, 0.25) is 11.8 Å². The number of aryl methyl sites for hydroxylation is 1. The van der Waals surface area contributed by atoms with E-state index in [2.05, 4.69) is 25.2 Å². The van der Waals surface area contributed by atoms with Crippen molar-refractivity contribution in [3.05, 3.63) is 65.7 Å². The molecule has 0 bridgehead atoms. The Kier molecular flexibility index (Phi) is 10.1. The molecule has 0 heterocycles. The third-order valence-corrected chi connectivity index (χ3v) is 5.05. The zero-order chi connectivity index (χ0) is 22.6. The molecule has 0 aliphatic heterocycles. The standard InChI is InChI=1S/C26H36N2O3/c1-5-24(26(30)27-18-20(2)3)28(19-22-12-9-11-21(4)17-22)25(29)15-10-16-31-23-13-7-6-8-14-23/h6-9,11-14,17,20,24H,5,10,15-16,18-19H2,1-4H3,(H,27,30)/t24-/m0/s1. The summed E-state index contributed by atoms with van der Waals surface area (Å²) in [6, 6.07) is 17.2. The molecule has 0 unspecified atom stereocenters. The van der Waals surface area contributed by atoms with Gasteiger partial charge in [0.1, 0.15) is 11.8 Å². The fourth-order valence-corrected chi connectivity index (χ4v) is 3.42. The van der Waals surface area contributed by atoms with E-state index in [1.807, 2.05) is 62.4 Å². The van der Waals surface area contributed by atoms with E-state index in [4.69, 9.17) is 4.74 Å². The highest BCUT2D eigenvalue weighted by Crippen LogP contribution is 2.16. The number of hydrogen-bond donors (Lipinski definition) is 1. The summed E-state index contributed by atoms with van der Waals surface area (Å²) < 4.78 is 5.72. The smallest absolute Gasteiger partial charge is 0.242 e. The Labute approximate surface area is 186 Å². The Morgan fingerprint density at radius 1 is 1.06 bits per heavy atom. The van der Waals surface area contributed by atoms with Crippen LogP contribution >= 0.6 is 0 Å². The molecule has 1 N–H and O–H groups in total. The molecule has 0 fully saturated rings. The number of para-hydroxylation sites is 1. The number of carbonyl (C=O) groups excluding carboxylic acids is 2. The first kappa shape index (κ1) is 24.4. The SMILES string of the molecule is CC[C@@H](C(=O)NCC(C)C)N(Cc1cccc(C)c1)C(=O)CCCOc1ccccc1. The van der Waals surface area contributed by atoms with E-state index in [0.717, 1.165) is 16.9 Å². The maximum atomic E-state index is 13.2. The normalized spacial score (nSPS) is 11.8. The van der Waals surface area contributed by atoms with E-state index in [1.54, 1.807) is 4.90 Å². The summed E-state index contributed by atoms with van der Waals surface area (Å²) in [5.74, 6) is 1.05. The molecule has 31 heavy (non-hydrogen) atoms. The molecule has 0 saturated heterocycles.